The molecule has 0 saturated heterocycles. The zero-order valence-electron chi connectivity index (χ0n) is 9.41. The molecule has 1 amide bonds. The summed E-state index contributed by atoms with van der Waals surface area (Å²) in [5.41, 5.74) is 5.24. The molecule has 1 aliphatic carbocycles. The molecule has 1 aliphatic rings. The van der Waals surface area contributed by atoms with Crippen LogP contribution in [0.4, 0.5) is 4.79 Å². The van der Waals surface area contributed by atoms with E-state index in [2.05, 4.69) is 0 Å². The van der Waals surface area contributed by atoms with E-state index < -0.39 is 5.60 Å². The zero-order valence-corrected chi connectivity index (χ0v) is 9.41. The van der Waals surface area contributed by atoms with Crippen LogP contribution in [0, 0.1) is 0 Å². The number of amides is 1. The Bertz CT molecular complexity index is 217. The molecule has 1 fully saturated rings. The van der Waals surface area contributed by atoms with Crippen LogP contribution in [0.3, 0.4) is 0 Å². The van der Waals surface area contributed by atoms with Crippen LogP contribution in [-0.2, 0) is 4.74 Å². The van der Waals surface area contributed by atoms with E-state index in [4.69, 9.17) is 10.5 Å². The SMILES string of the molecule is CN(C(=O)OC(C)(C)C)[C@H]1C[C@H](N)C1. The highest BCUT2D eigenvalue weighted by molar-refractivity contribution is 5.68. The van der Waals surface area contributed by atoms with E-state index in [1.54, 1.807) is 11.9 Å². The molecule has 0 heterocycles. The predicted octanol–water partition coefficient (Wildman–Crippen LogP) is 1.34. The molecule has 0 unspecified atom stereocenters. The van der Waals surface area contributed by atoms with Gasteiger partial charge in [-0.05, 0) is 33.6 Å². The second-order valence-electron chi connectivity index (χ2n) is 4.98. The van der Waals surface area contributed by atoms with Gasteiger partial charge >= 0.3 is 6.09 Å². The molecule has 0 aliphatic heterocycles. The summed E-state index contributed by atoms with van der Waals surface area (Å²) in [5, 5.41) is 0. The molecule has 0 aromatic heterocycles. The largest absolute Gasteiger partial charge is 0.444 e. The van der Waals surface area contributed by atoms with Crippen molar-refractivity contribution in [3.05, 3.63) is 0 Å². The maximum absolute atomic E-state index is 11.6. The summed E-state index contributed by atoms with van der Waals surface area (Å²) in [6, 6.07) is 0.518. The van der Waals surface area contributed by atoms with Crippen molar-refractivity contribution in [2.24, 2.45) is 5.73 Å². The summed E-state index contributed by atoms with van der Waals surface area (Å²) in [6.45, 7) is 5.60. The van der Waals surface area contributed by atoms with Crippen molar-refractivity contribution in [1.29, 1.82) is 0 Å². The molecule has 1 rings (SSSR count). The number of carbonyl (C=O) groups excluding carboxylic acids is 1. The van der Waals surface area contributed by atoms with E-state index >= 15 is 0 Å². The number of nitrogens with two attached hydrogens (primary N) is 1. The minimum atomic E-state index is -0.419. The maximum atomic E-state index is 11.6. The highest BCUT2D eigenvalue weighted by Gasteiger charge is 2.33. The average molecular weight is 200 g/mol. The van der Waals surface area contributed by atoms with Gasteiger partial charge in [0.2, 0.25) is 0 Å². The lowest BCUT2D eigenvalue weighted by Crippen LogP contribution is -2.52. The molecule has 2 N–H and O–H groups in total. The Balaban J connectivity index is 2.38. The van der Waals surface area contributed by atoms with Crippen molar-refractivity contribution < 1.29 is 9.53 Å². The highest BCUT2D eigenvalue weighted by Crippen LogP contribution is 2.24. The molecule has 0 spiro atoms. The minimum Gasteiger partial charge on any atom is -0.444 e. The van der Waals surface area contributed by atoms with Crippen LogP contribution in [-0.4, -0.2) is 35.7 Å². The Morgan fingerprint density at radius 2 is 1.93 bits per heavy atom. The van der Waals surface area contributed by atoms with Crippen molar-refractivity contribution in [2.45, 2.75) is 51.3 Å². The van der Waals surface area contributed by atoms with Gasteiger partial charge in [0.1, 0.15) is 5.60 Å². The van der Waals surface area contributed by atoms with Gasteiger partial charge in [0.05, 0.1) is 0 Å². The molecular weight excluding hydrogens is 180 g/mol. The number of rotatable bonds is 1. The summed E-state index contributed by atoms with van der Waals surface area (Å²) in [4.78, 5) is 13.2. The van der Waals surface area contributed by atoms with Gasteiger partial charge in [-0.15, -0.1) is 0 Å². The number of ether oxygens (including phenoxy) is 1. The van der Waals surface area contributed by atoms with Gasteiger partial charge in [-0.25, -0.2) is 4.79 Å². The molecular formula is C10H20N2O2. The topological polar surface area (TPSA) is 55.6 Å². The van der Waals surface area contributed by atoms with Crippen molar-refractivity contribution in [2.75, 3.05) is 7.05 Å². The molecule has 82 valence electrons. The Hall–Kier alpha value is -0.770. The quantitative estimate of drug-likeness (QED) is 0.695. The summed E-state index contributed by atoms with van der Waals surface area (Å²) < 4.78 is 5.24. The molecule has 4 nitrogen and oxygen atoms in total. The standard InChI is InChI=1S/C10H20N2O2/c1-10(2,3)14-9(13)12(4)8-5-7(11)6-8/h7-8H,5-6,11H2,1-4H3/t7-,8-. The smallest absolute Gasteiger partial charge is 0.410 e. The molecule has 14 heavy (non-hydrogen) atoms. The third-order valence-corrected chi connectivity index (χ3v) is 2.38. The lowest BCUT2D eigenvalue weighted by molar-refractivity contribution is 0.0123. The van der Waals surface area contributed by atoms with Gasteiger partial charge in [0.15, 0.2) is 0 Å². The fourth-order valence-electron chi connectivity index (χ4n) is 1.43. The van der Waals surface area contributed by atoms with E-state index in [1.807, 2.05) is 20.8 Å². The van der Waals surface area contributed by atoms with Crippen LogP contribution >= 0.6 is 0 Å². The number of nitrogens with zero attached hydrogens (tertiary/aromatic N) is 1. The Morgan fingerprint density at radius 3 is 2.29 bits per heavy atom. The Morgan fingerprint density at radius 1 is 1.43 bits per heavy atom. The molecule has 0 aromatic carbocycles. The highest BCUT2D eigenvalue weighted by atomic mass is 16.6. The first kappa shape index (κ1) is 11.3. The Kier molecular flexibility index (Phi) is 3.04. The number of carbonyl (C=O) groups is 1. The second kappa shape index (κ2) is 3.77. The van der Waals surface area contributed by atoms with Crippen molar-refractivity contribution in [3.63, 3.8) is 0 Å². The van der Waals surface area contributed by atoms with E-state index in [0.29, 0.717) is 0 Å². The summed E-state index contributed by atoms with van der Waals surface area (Å²) in [7, 11) is 1.77. The maximum Gasteiger partial charge on any atom is 0.410 e. The van der Waals surface area contributed by atoms with Crippen molar-refractivity contribution in [1.82, 2.24) is 4.90 Å². The van der Waals surface area contributed by atoms with Gasteiger partial charge in [0, 0.05) is 19.1 Å². The van der Waals surface area contributed by atoms with Gasteiger partial charge in [-0.3, -0.25) is 0 Å². The fourth-order valence-corrected chi connectivity index (χ4v) is 1.43. The Labute approximate surface area is 85.4 Å². The van der Waals surface area contributed by atoms with Gasteiger partial charge in [0.25, 0.3) is 0 Å². The molecule has 0 bridgehead atoms. The third kappa shape index (κ3) is 2.87. The van der Waals surface area contributed by atoms with E-state index in [1.165, 1.54) is 0 Å². The normalized spacial score (nSPS) is 26.6. The number of hydrogen-bond acceptors (Lipinski definition) is 3. The first-order chi connectivity index (χ1) is 6.29. The molecule has 0 radical (unpaired) electrons. The lowest BCUT2D eigenvalue weighted by Gasteiger charge is -2.39. The van der Waals surface area contributed by atoms with Crippen LogP contribution in [0.15, 0.2) is 0 Å². The van der Waals surface area contributed by atoms with Crippen LogP contribution in [0.5, 0.6) is 0 Å². The van der Waals surface area contributed by atoms with E-state index in [9.17, 15) is 4.79 Å². The molecule has 0 aromatic rings. The minimum absolute atomic E-state index is 0.255. The van der Waals surface area contributed by atoms with Crippen molar-refractivity contribution >= 4 is 6.09 Å². The summed E-state index contributed by atoms with van der Waals surface area (Å²) in [6.07, 6.45) is 1.51. The monoisotopic (exact) mass is 200 g/mol. The third-order valence-electron chi connectivity index (χ3n) is 2.38. The second-order valence-corrected chi connectivity index (χ2v) is 4.98. The number of hydrogen-bond donors (Lipinski definition) is 1. The van der Waals surface area contributed by atoms with Crippen LogP contribution in [0.1, 0.15) is 33.6 Å². The molecule has 4 heteroatoms. The van der Waals surface area contributed by atoms with Crippen LogP contribution in [0.25, 0.3) is 0 Å². The van der Waals surface area contributed by atoms with Crippen molar-refractivity contribution in [3.8, 4) is 0 Å². The summed E-state index contributed by atoms with van der Waals surface area (Å²) >= 11 is 0. The fraction of sp³-hybridized carbons (Fsp3) is 0.900. The van der Waals surface area contributed by atoms with Crippen LogP contribution in [0.2, 0.25) is 0 Å². The lowest BCUT2D eigenvalue weighted by atomic mass is 9.87. The zero-order chi connectivity index (χ0) is 10.9. The van der Waals surface area contributed by atoms with Crippen LogP contribution < -0.4 is 5.73 Å². The first-order valence-electron chi connectivity index (χ1n) is 5.01. The summed E-state index contributed by atoms with van der Waals surface area (Å²) in [5.74, 6) is 0. The molecule has 1 saturated carbocycles. The molecule has 0 atom stereocenters. The van der Waals surface area contributed by atoms with E-state index in [-0.39, 0.29) is 18.2 Å². The van der Waals surface area contributed by atoms with E-state index in [0.717, 1.165) is 12.8 Å². The first-order valence-corrected chi connectivity index (χ1v) is 5.01. The average Bonchev–Trinajstić information content (AvgIpc) is 1.94. The van der Waals surface area contributed by atoms with Gasteiger partial charge < -0.3 is 15.4 Å². The predicted molar refractivity (Wildman–Crippen MR) is 55.0 cm³/mol. The van der Waals surface area contributed by atoms with Gasteiger partial charge in [-0.2, -0.15) is 0 Å². The van der Waals surface area contributed by atoms with Gasteiger partial charge in [-0.1, -0.05) is 0 Å².